The van der Waals surface area contributed by atoms with E-state index in [1.165, 1.54) is 24.8 Å². The average molecular weight is 187 g/mol. The average Bonchev–Trinajstić information content (AvgIpc) is 2.63. The summed E-state index contributed by atoms with van der Waals surface area (Å²) in [4.78, 5) is 4.24. The van der Waals surface area contributed by atoms with E-state index in [2.05, 4.69) is 28.9 Å². The van der Waals surface area contributed by atoms with Crippen LogP contribution in [0.4, 0.5) is 0 Å². The second-order valence-corrected chi connectivity index (χ2v) is 3.56. The molecule has 0 aliphatic carbocycles. The van der Waals surface area contributed by atoms with Crippen LogP contribution in [0.15, 0.2) is 24.3 Å². The smallest absolute Gasteiger partial charge is 0.177 e. The number of para-hydroxylation sites is 2. The van der Waals surface area contributed by atoms with E-state index in [9.17, 15) is 0 Å². The highest BCUT2D eigenvalue weighted by atomic mass is 15.0. The second-order valence-electron chi connectivity index (χ2n) is 3.56. The first-order chi connectivity index (χ1) is 6.92. The van der Waals surface area contributed by atoms with Crippen molar-refractivity contribution < 1.29 is 0 Å². The summed E-state index contributed by atoms with van der Waals surface area (Å²) in [6.45, 7) is 3.25. The van der Waals surface area contributed by atoms with Gasteiger partial charge in [0.15, 0.2) is 6.33 Å². The normalized spacial score (nSPS) is 10.9. The molecular formula is C12H15N2. The van der Waals surface area contributed by atoms with Crippen LogP contribution in [0, 0.1) is 6.33 Å². The molecule has 0 saturated carbocycles. The van der Waals surface area contributed by atoms with Crippen LogP contribution in [-0.2, 0) is 6.54 Å². The van der Waals surface area contributed by atoms with E-state index in [0.29, 0.717) is 0 Å². The number of hydrogen-bond donors (Lipinski definition) is 0. The molecule has 0 aliphatic rings. The number of rotatable bonds is 4. The summed E-state index contributed by atoms with van der Waals surface area (Å²) in [5.41, 5.74) is 2.24. The molecule has 1 heterocycles. The first-order valence-corrected chi connectivity index (χ1v) is 5.25. The maximum atomic E-state index is 4.24. The van der Waals surface area contributed by atoms with Gasteiger partial charge in [0.25, 0.3) is 0 Å². The van der Waals surface area contributed by atoms with Crippen molar-refractivity contribution in [2.24, 2.45) is 0 Å². The molecule has 14 heavy (non-hydrogen) atoms. The number of unbranched alkanes of at least 4 members (excludes halogenated alkanes) is 2. The van der Waals surface area contributed by atoms with Gasteiger partial charge in [-0.3, -0.25) is 0 Å². The van der Waals surface area contributed by atoms with E-state index in [0.717, 1.165) is 12.1 Å². The van der Waals surface area contributed by atoms with Gasteiger partial charge in [0.1, 0.15) is 0 Å². The van der Waals surface area contributed by atoms with Crippen molar-refractivity contribution in [1.82, 2.24) is 9.55 Å². The predicted octanol–water partition coefficient (Wildman–Crippen LogP) is 3.03. The van der Waals surface area contributed by atoms with Gasteiger partial charge in [-0.05, 0) is 18.6 Å². The van der Waals surface area contributed by atoms with Gasteiger partial charge in [-0.2, -0.15) is 0 Å². The molecule has 0 aliphatic heterocycles. The van der Waals surface area contributed by atoms with E-state index < -0.39 is 0 Å². The van der Waals surface area contributed by atoms with Crippen LogP contribution in [0.25, 0.3) is 11.0 Å². The van der Waals surface area contributed by atoms with Gasteiger partial charge in [0.05, 0.1) is 11.0 Å². The zero-order valence-electron chi connectivity index (χ0n) is 8.53. The minimum Gasteiger partial charge on any atom is -0.321 e. The molecule has 0 atom stereocenters. The molecule has 0 saturated heterocycles. The van der Waals surface area contributed by atoms with Crippen LogP contribution in [0.3, 0.4) is 0 Å². The highest BCUT2D eigenvalue weighted by Gasteiger charge is 2.00. The summed E-state index contributed by atoms with van der Waals surface area (Å²) in [6.07, 6.45) is 6.79. The standard InChI is InChI=1S/C12H15N2/c1-2-3-6-9-14-10-13-11-7-4-5-8-12(11)14/h4-5,7-8H,2-3,6,9H2,1H3. The molecule has 0 unspecified atom stereocenters. The summed E-state index contributed by atoms with van der Waals surface area (Å²) in [7, 11) is 0. The van der Waals surface area contributed by atoms with Crippen molar-refractivity contribution in [2.75, 3.05) is 0 Å². The fraction of sp³-hybridized carbons (Fsp3) is 0.417. The topological polar surface area (TPSA) is 17.8 Å². The number of aromatic nitrogens is 2. The third-order valence-electron chi connectivity index (χ3n) is 2.45. The van der Waals surface area contributed by atoms with Crippen molar-refractivity contribution in [3.63, 3.8) is 0 Å². The summed E-state index contributed by atoms with van der Waals surface area (Å²) in [6, 6.07) is 8.20. The lowest BCUT2D eigenvalue weighted by Crippen LogP contribution is -1.95. The molecule has 1 aromatic carbocycles. The number of imidazole rings is 1. The number of benzene rings is 1. The van der Waals surface area contributed by atoms with Gasteiger partial charge in [-0.25, -0.2) is 4.98 Å². The first-order valence-electron chi connectivity index (χ1n) is 5.25. The molecule has 2 heteroatoms. The van der Waals surface area contributed by atoms with E-state index >= 15 is 0 Å². The Labute approximate surface area is 84.6 Å². The van der Waals surface area contributed by atoms with Crippen molar-refractivity contribution in [2.45, 2.75) is 32.7 Å². The maximum absolute atomic E-state index is 4.24. The summed E-state index contributed by atoms with van der Waals surface area (Å²) in [5.74, 6) is 0. The minimum absolute atomic E-state index is 1.04. The molecule has 0 N–H and O–H groups in total. The van der Waals surface area contributed by atoms with Gasteiger partial charge in [-0.1, -0.05) is 31.9 Å². The molecule has 0 fully saturated rings. The zero-order valence-corrected chi connectivity index (χ0v) is 8.53. The number of nitrogens with zero attached hydrogens (tertiary/aromatic N) is 2. The zero-order chi connectivity index (χ0) is 9.80. The molecule has 1 radical (unpaired) electrons. The van der Waals surface area contributed by atoms with Crippen LogP contribution in [0.5, 0.6) is 0 Å². The fourth-order valence-corrected chi connectivity index (χ4v) is 1.65. The van der Waals surface area contributed by atoms with Gasteiger partial charge in [0.2, 0.25) is 0 Å². The molecule has 0 bridgehead atoms. The van der Waals surface area contributed by atoms with E-state index in [1.54, 1.807) is 0 Å². The monoisotopic (exact) mass is 187 g/mol. The molecule has 73 valence electrons. The maximum Gasteiger partial charge on any atom is 0.177 e. The van der Waals surface area contributed by atoms with Crippen LogP contribution in [0.2, 0.25) is 0 Å². The minimum atomic E-state index is 1.04. The van der Waals surface area contributed by atoms with Crippen LogP contribution < -0.4 is 0 Å². The third kappa shape index (κ3) is 1.79. The van der Waals surface area contributed by atoms with Gasteiger partial charge in [0, 0.05) is 6.54 Å². The number of aryl methyl sites for hydroxylation is 1. The van der Waals surface area contributed by atoms with Crippen LogP contribution in [-0.4, -0.2) is 9.55 Å². The Morgan fingerprint density at radius 2 is 2.14 bits per heavy atom. The molecule has 2 nitrogen and oxygen atoms in total. The Morgan fingerprint density at radius 1 is 1.29 bits per heavy atom. The van der Waals surface area contributed by atoms with Crippen molar-refractivity contribution in [3.05, 3.63) is 30.6 Å². The first kappa shape index (κ1) is 9.25. The van der Waals surface area contributed by atoms with E-state index in [-0.39, 0.29) is 0 Å². The second kappa shape index (κ2) is 4.27. The summed E-state index contributed by atoms with van der Waals surface area (Å²) >= 11 is 0. The third-order valence-corrected chi connectivity index (χ3v) is 2.45. The predicted molar refractivity (Wildman–Crippen MR) is 58.1 cm³/mol. The van der Waals surface area contributed by atoms with Gasteiger partial charge < -0.3 is 4.57 Å². The molecule has 0 spiro atoms. The Morgan fingerprint density at radius 3 is 3.00 bits per heavy atom. The van der Waals surface area contributed by atoms with Crippen LogP contribution >= 0.6 is 0 Å². The Balaban J connectivity index is 2.17. The number of fused-ring (bicyclic) bond motifs is 1. The molecule has 0 amide bonds. The fourth-order valence-electron chi connectivity index (χ4n) is 1.65. The van der Waals surface area contributed by atoms with Crippen molar-refractivity contribution in [3.8, 4) is 0 Å². The summed E-state index contributed by atoms with van der Waals surface area (Å²) < 4.78 is 2.12. The summed E-state index contributed by atoms with van der Waals surface area (Å²) in [5, 5.41) is 0. The number of hydrogen-bond acceptors (Lipinski definition) is 1. The van der Waals surface area contributed by atoms with Crippen LogP contribution in [0.1, 0.15) is 26.2 Å². The molecule has 2 aromatic rings. The van der Waals surface area contributed by atoms with Gasteiger partial charge >= 0.3 is 0 Å². The van der Waals surface area contributed by atoms with Crippen molar-refractivity contribution >= 4 is 11.0 Å². The Hall–Kier alpha value is -1.31. The van der Waals surface area contributed by atoms with E-state index in [4.69, 9.17) is 0 Å². The molecular weight excluding hydrogens is 172 g/mol. The van der Waals surface area contributed by atoms with E-state index in [1.807, 2.05) is 18.2 Å². The SMILES string of the molecule is CCCCCn1[c]nc2ccccc21. The van der Waals surface area contributed by atoms with Crippen molar-refractivity contribution in [1.29, 1.82) is 0 Å². The highest BCUT2D eigenvalue weighted by molar-refractivity contribution is 5.74. The largest absolute Gasteiger partial charge is 0.321 e. The lowest BCUT2D eigenvalue weighted by molar-refractivity contribution is 0.610. The van der Waals surface area contributed by atoms with Gasteiger partial charge in [-0.15, -0.1) is 0 Å². The Bertz CT molecular complexity index is 403. The lowest BCUT2D eigenvalue weighted by Gasteiger charge is -2.01. The Kier molecular flexibility index (Phi) is 2.82. The molecule has 1 aromatic heterocycles. The lowest BCUT2D eigenvalue weighted by atomic mass is 10.2. The highest BCUT2D eigenvalue weighted by Crippen LogP contribution is 2.12. The quantitative estimate of drug-likeness (QED) is 0.673. The molecule has 2 rings (SSSR count).